The average Bonchev–Trinajstić information content (AvgIpc) is 2.92. The Labute approximate surface area is 102 Å². The number of amides is 1. The van der Waals surface area contributed by atoms with E-state index < -0.39 is 0 Å². The van der Waals surface area contributed by atoms with Gasteiger partial charge in [-0.2, -0.15) is 5.21 Å². The summed E-state index contributed by atoms with van der Waals surface area (Å²) in [4.78, 5) is 11.7. The fraction of sp³-hybridized carbons (Fsp3) is 0. The SMILES string of the molecule is O=C(Nc1ccc2ccccc2c1)c1nn[nH]n1. The minimum Gasteiger partial charge on any atom is -0.319 e. The number of aromatic nitrogens is 4. The highest BCUT2D eigenvalue weighted by molar-refractivity contribution is 6.02. The standard InChI is InChI=1S/C12H9N5O/c18-12(11-14-16-17-15-11)13-10-6-5-8-3-1-2-4-9(8)7-10/h1-7H,(H,13,18)(H,14,15,16,17). The molecule has 2 aromatic carbocycles. The van der Waals surface area contributed by atoms with Gasteiger partial charge in [0.2, 0.25) is 0 Å². The number of H-pyrrole nitrogens is 1. The first-order chi connectivity index (χ1) is 8.83. The minimum atomic E-state index is -0.390. The summed E-state index contributed by atoms with van der Waals surface area (Å²) < 4.78 is 0. The molecule has 0 aliphatic rings. The summed E-state index contributed by atoms with van der Waals surface area (Å²) >= 11 is 0. The van der Waals surface area contributed by atoms with E-state index in [9.17, 15) is 4.79 Å². The molecule has 0 aliphatic heterocycles. The number of benzene rings is 2. The van der Waals surface area contributed by atoms with E-state index in [2.05, 4.69) is 25.9 Å². The molecule has 0 fully saturated rings. The first-order valence-corrected chi connectivity index (χ1v) is 5.36. The molecule has 88 valence electrons. The number of aromatic amines is 1. The monoisotopic (exact) mass is 239 g/mol. The lowest BCUT2D eigenvalue weighted by molar-refractivity contribution is 0.101. The van der Waals surface area contributed by atoms with Gasteiger partial charge in [0.1, 0.15) is 0 Å². The number of carbonyl (C=O) groups excluding carboxylic acids is 1. The summed E-state index contributed by atoms with van der Waals surface area (Å²) in [6.45, 7) is 0. The van der Waals surface area contributed by atoms with Crippen molar-refractivity contribution < 1.29 is 4.79 Å². The molecule has 0 saturated heterocycles. The molecule has 2 N–H and O–H groups in total. The van der Waals surface area contributed by atoms with Crippen LogP contribution in [-0.4, -0.2) is 26.5 Å². The van der Waals surface area contributed by atoms with Gasteiger partial charge in [0.25, 0.3) is 11.7 Å². The summed E-state index contributed by atoms with van der Waals surface area (Å²) in [5, 5.41) is 17.7. The molecule has 0 bridgehead atoms. The number of anilines is 1. The first kappa shape index (κ1) is 10.4. The Kier molecular flexibility index (Phi) is 2.45. The molecule has 0 aliphatic carbocycles. The Morgan fingerprint density at radius 1 is 1.11 bits per heavy atom. The van der Waals surface area contributed by atoms with Crippen LogP contribution in [0.1, 0.15) is 10.6 Å². The molecule has 0 radical (unpaired) electrons. The number of fused-ring (bicyclic) bond motifs is 1. The largest absolute Gasteiger partial charge is 0.319 e. The van der Waals surface area contributed by atoms with E-state index in [1.54, 1.807) is 0 Å². The molecule has 1 aromatic heterocycles. The molecule has 0 saturated carbocycles. The second-order valence-corrected chi connectivity index (χ2v) is 3.75. The summed E-state index contributed by atoms with van der Waals surface area (Å²) in [5.74, 6) is -0.373. The van der Waals surface area contributed by atoms with Gasteiger partial charge in [-0.05, 0) is 28.1 Å². The van der Waals surface area contributed by atoms with Crippen molar-refractivity contribution in [1.82, 2.24) is 20.6 Å². The highest BCUT2D eigenvalue weighted by atomic mass is 16.2. The Hall–Kier alpha value is -2.76. The quantitative estimate of drug-likeness (QED) is 0.711. The molecule has 6 nitrogen and oxygen atoms in total. The zero-order chi connectivity index (χ0) is 12.4. The molecular weight excluding hydrogens is 230 g/mol. The van der Waals surface area contributed by atoms with Crippen LogP contribution in [0.3, 0.4) is 0 Å². The fourth-order valence-corrected chi connectivity index (χ4v) is 1.71. The number of nitrogens with one attached hydrogen (secondary N) is 2. The van der Waals surface area contributed by atoms with Gasteiger partial charge >= 0.3 is 0 Å². The van der Waals surface area contributed by atoms with Gasteiger partial charge in [-0.15, -0.1) is 10.2 Å². The summed E-state index contributed by atoms with van der Waals surface area (Å²) in [5.41, 5.74) is 0.698. The van der Waals surface area contributed by atoms with Crippen LogP contribution in [0.25, 0.3) is 10.8 Å². The highest BCUT2D eigenvalue weighted by Gasteiger charge is 2.10. The predicted octanol–water partition coefficient (Wildman–Crippen LogP) is 1.61. The van der Waals surface area contributed by atoms with E-state index in [-0.39, 0.29) is 11.7 Å². The van der Waals surface area contributed by atoms with Crippen LogP contribution in [0, 0.1) is 0 Å². The third-order valence-corrected chi connectivity index (χ3v) is 2.56. The van der Waals surface area contributed by atoms with Gasteiger partial charge in [-0.3, -0.25) is 4.79 Å². The number of hydrogen-bond acceptors (Lipinski definition) is 4. The maximum Gasteiger partial charge on any atom is 0.297 e. The van der Waals surface area contributed by atoms with Gasteiger partial charge < -0.3 is 5.32 Å². The van der Waals surface area contributed by atoms with Crippen molar-refractivity contribution in [3.8, 4) is 0 Å². The molecule has 1 heterocycles. The zero-order valence-corrected chi connectivity index (χ0v) is 9.29. The van der Waals surface area contributed by atoms with Gasteiger partial charge in [-0.25, -0.2) is 0 Å². The second kappa shape index (κ2) is 4.25. The van der Waals surface area contributed by atoms with E-state index in [1.807, 2.05) is 42.5 Å². The molecule has 1 amide bonds. The Balaban J connectivity index is 1.89. The van der Waals surface area contributed by atoms with Crippen LogP contribution in [0.5, 0.6) is 0 Å². The van der Waals surface area contributed by atoms with E-state index in [0.717, 1.165) is 10.8 Å². The van der Waals surface area contributed by atoms with E-state index >= 15 is 0 Å². The van der Waals surface area contributed by atoms with Crippen molar-refractivity contribution in [2.24, 2.45) is 0 Å². The van der Waals surface area contributed by atoms with Gasteiger partial charge in [0, 0.05) is 5.69 Å². The molecule has 3 aromatic rings. The number of rotatable bonds is 2. The molecule has 18 heavy (non-hydrogen) atoms. The van der Waals surface area contributed by atoms with Crippen molar-refractivity contribution >= 4 is 22.4 Å². The van der Waals surface area contributed by atoms with Gasteiger partial charge in [-0.1, -0.05) is 30.3 Å². The van der Waals surface area contributed by atoms with Crippen LogP contribution in [0.2, 0.25) is 0 Å². The van der Waals surface area contributed by atoms with Gasteiger partial charge in [0.15, 0.2) is 0 Å². The predicted molar refractivity (Wildman–Crippen MR) is 66.1 cm³/mol. The molecule has 0 spiro atoms. The van der Waals surface area contributed by atoms with Crippen molar-refractivity contribution in [1.29, 1.82) is 0 Å². The molecule has 0 unspecified atom stereocenters. The maximum absolute atomic E-state index is 11.7. The smallest absolute Gasteiger partial charge is 0.297 e. The minimum absolute atomic E-state index is 0.0168. The summed E-state index contributed by atoms with van der Waals surface area (Å²) in [7, 11) is 0. The topological polar surface area (TPSA) is 83.6 Å². The normalized spacial score (nSPS) is 10.4. The Bertz CT molecular complexity index is 693. The molecule has 6 heteroatoms. The number of hydrogen-bond donors (Lipinski definition) is 2. The lowest BCUT2D eigenvalue weighted by Gasteiger charge is -2.04. The third-order valence-electron chi connectivity index (χ3n) is 2.56. The first-order valence-electron chi connectivity index (χ1n) is 5.36. The van der Waals surface area contributed by atoms with Crippen LogP contribution in [0.4, 0.5) is 5.69 Å². The van der Waals surface area contributed by atoms with Crippen LogP contribution >= 0.6 is 0 Å². The average molecular weight is 239 g/mol. The second-order valence-electron chi connectivity index (χ2n) is 3.75. The molecular formula is C12H9N5O. The highest BCUT2D eigenvalue weighted by Crippen LogP contribution is 2.18. The van der Waals surface area contributed by atoms with Crippen molar-refractivity contribution in [2.45, 2.75) is 0 Å². The summed E-state index contributed by atoms with van der Waals surface area (Å²) in [6.07, 6.45) is 0. The third kappa shape index (κ3) is 1.91. The summed E-state index contributed by atoms with van der Waals surface area (Å²) in [6, 6.07) is 13.6. The van der Waals surface area contributed by atoms with E-state index in [1.165, 1.54) is 0 Å². The number of tetrazole rings is 1. The zero-order valence-electron chi connectivity index (χ0n) is 9.29. The van der Waals surface area contributed by atoms with Crippen molar-refractivity contribution in [3.05, 3.63) is 48.3 Å². The fourth-order valence-electron chi connectivity index (χ4n) is 1.71. The lowest BCUT2D eigenvalue weighted by atomic mass is 10.1. The molecule has 3 rings (SSSR count). The lowest BCUT2D eigenvalue weighted by Crippen LogP contribution is -2.13. The van der Waals surface area contributed by atoms with Gasteiger partial charge in [0.05, 0.1) is 0 Å². The van der Waals surface area contributed by atoms with Crippen molar-refractivity contribution in [2.75, 3.05) is 5.32 Å². The molecule has 0 atom stereocenters. The van der Waals surface area contributed by atoms with Crippen molar-refractivity contribution in [3.63, 3.8) is 0 Å². The van der Waals surface area contributed by atoms with Crippen LogP contribution in [-0.2, 0) is 0 Å². The van der Waals surface area contributed by atoms with E-state index in [4.69, 9.17) is 0 Å². The Morgan fingerprint density at radius 3 is 2.72 bits per heavy atom. The number of carbonyl (C=O) groups is 1. The number of nitrogens with zero attached hydrogens (tertiary/aromatic N) is 3. The van der Waals surface area contributed by atoms with E-state index in [0.29, 0.717) is 5.69 Å². The Morgan fingerprint density at radius 2 is 1.94 bits per heavy atom. The van der Waals surface area contributed by atoms with Crippen LogP contribution in [0.15, 0.2) is 42.5 Å². The van der Waals surface area contributed by atoms with Crippen LogP contribution < -0.4 is 5.32 Å². The maximum atomic E-state index is 11.7.